The summed E-state index contributed by atoms with van der Waals surface area (Å²) in [6, 6.07) is 8.77. The van der Waals surface area contributed by atoms with Crippen LogP contribution in [-0.2, 0) is 68.8 Å². The topological polar surface area (TPSA) is 378 Å². The molecule has 1 saturated heterocycles. The number of urea groups is 1. The van der Waals surface area contributed by atoms with Gasteiger partial charge in [0.25, 0.3) is 0 Å². The third-order valence-corrected chi connectivity index (χ3v) is 19.6. The maximum Gasteiger partial charge on any atom is 0.410 e. The summed E-state index contributed by atoms with van der Waals surface area (Å²) in [6.45, 7) is 23.1. The predicted octanol–water partition coefficient (Wildman–Crippen LogP) is 4.98. The molecule has 0 aromatic heterocycles. The van der Waals surface area contributed by atoms with Gasteiger partial charge in [-0.05, 0) is 91.9 Å². The van der Waals surface area contributed by atoms with Gasteiger partial charge in [0.1, 0.15) is 30.8 Å². The number of nitrogens with two attached hydrogens (primary N) is 1. The average Bonchev–Trinajstić information content (AvgIpc) is 1.31. The highest BCUT2D eigenvalue weighted by Crippen LogP contribution is 2.32. The van der Waals surface area contributed by atoms with E-state index < -0.39 is 132 Å². The fraction of sp³-hybridized carbons (Fsp3) is 0.667. The van der Waals surface area contributed by atoms with Gasteiger partial charge in [0, 0.05) is 91.8 Å². The van der Waals surface area contributed by atoms with E-state index in [0.29, 0.717) is 36.2 Å². The molecule has 582 valence electrons. The minimum atomic E-state index is -1.18. The summed E-state index contributed by atoms with van der Waals surface area (Å²) in [5.41, 5.74) is 6.76. The van der Waals surface area contributed by atoms with Gasteiger partial charge < -0.3 is 76.7 Å². The second-order valence-corrected chi connectivity index (χ2v) is 29.2. The first-order valence-corrected chi connectivity index (χ1v) is 36.4. The minimum Gasteiger partial charge on any atom is -0.445 e. The number of ether oxygens (including phenoxy) is 2. The molecule has 0 bridgehead atoms. The Balaban J connectivity index is 1.65. The molecule has 0 saturated carbocycles. The Morgan fingerprint density at radius 2 is 1.23 bits per heavy atom. The van der Waals surface area contributed by atoms with Gasteiger partial charge in [-0.15, -0.1) is 0 Å². The third kappa shape index (κ3) is 27.7. The second kappa shape index (κ2) is 43.5. The summed E-state index contributed by atoms with van der Waals surface area (Å²) in [6.07, 6.45) is -0.440. The number of amides is 13. The van der Waals surface area contributed by atoms with E-state index in [-0.39, 0.29) is 113 Å². The van der Waals surface area contributed by atoms with Crippen molar-refractivity contribution >= 4 is 82.7 Å². The van der Waals surface area contributed by atoms with Crippen molar-refractivity contribution < 1.29 is 76.9 Å². The number of likely N-dealkylation sites (N-methyl/N-ethyl adjacent to an activating group) is 5. The normalized spacial score (nSPS) is 16.0. The molecule has 1 heterocycles. The summed E-state index contributed by atoms with van der Waals surface area (Å²) < 4.78 is 11.8. The van der Waals surface area contributed by atoms with Gasteiger partial charge >= 0.3 is 12.1 Å². The molecule has 0 aliphatic carbocycles. The number of hydrogen-bond acceptors (Lipinski definition) is 16. The van der Waals surface area contributed by atoms with Crippen LogP contribution < -0.4 is 37.6 Å². The Bertz CT molecular complexity index is 3190. The molecule has 2 aromatic rings. The zero-order valence-corrected chi connectivity index (χ0v) is 64.9. The molecule has 1 aliphatic heterocycles. The Hall–Kier alpha value is -8.73. The summed E-state index contributed by atoms with van der Waals surface area (Å²) in [7, 11) is 8.87. The Kier molecular flexibility index (Phi) is 37.4. The van der Waals surface area contributed by atoms with Gasteiger partial charge in [0.05, 0.1) is 50.3 Å². The summed E-state index contributed by atoms with van der Waals surface area (Å²) >= 11 is 0. The van der Waals surface area contributed by atoms with Crippen molar-refractivity contribution in [1.29, 1.82) is 0 Å². The monoisotopic (exact) mass is 1460 g/mol. The van der Waals surface area contributed by atoms with E-state index in [0.717, 1.165) is 11.3 Å². The highest BCUT2D eigenvalue weighted by molar-refractivity contribution is 5.99. The maximum atomic E-state index is 14.8. The molecule has 9 N–H and O–H groups in total. The number of anilines is 1. The lowest BCUT2D eigenvalue weighted by Gasteiger charge is -2.41. The lowest BCUT2D eigenvalue weighted by Crippen LogP contribution is -2.60. The molecule has 1 aliphatic rings. The molecule has 29 nitrogen and oxygen atoms in total. The number of aliphatic hydroxyl groups excluding tert-OH is 1. The van der Waals surface area contributed by atoms with Crippen LogP contribution in [0.3, 0.4) is 0 Å². The number of primary amides is 1. The van der Waals surface area contributed by atoms with Crippen molar-refractivity contribution in [2.45, 2.75) is 209 Å². The third-order valence-electron chi connectivity index (χ3n) is 19.6. The molecule has 2 aromatic carbocycles. The molecule has 12 atom stereocenters. The van der Waals surface area contributed by atoms with E-state index in [4.69, 9.17) is 15.2 Å². The second-order valence-electron chi connectivity index (χ2n) is 29.2. The molecule has 3 rings (SSSR count). The van der Waals surface area contributed by atoms with Gasteiger partial charge in [0.15, 0.2) is 5.78 Å². The number of nitrogens with zero attached hydrogens (tertiary/aromatic N) is 6. The van der Waals surface area contributed by atoms with Crippen molar-refractivity contribution in [1.82, 2.24) is 56.0 Å². The van der Waals surface area contributed by atoms with Crippen molar-refractivity contribution in [2.24, 2.45) is 47.2 Å². The van der Waals surface area contributed by atoms with Gasteiger partial charge in [-0.25, -0.2) is 9.59 Å². The zero-order chi connectivity index (χ0) is 78.6. The standard InChI is InChI=1S/C75H121N13O16/c1-20-48(10)67(58(103-19)39-61(92)88-38-26-30-56(88)49(11)50(12)69(96)78-51(13)68(95)53-27-22-21-23-28-53)86(17)73(100)65(46(6)7)82-72(99)66(47(8)9)87(18)75(102)104-43-52-33-35-54(36-34-52)79-70(97)55(29-25-37-77-74(76)101)80-71(98)64(45(4)5)81-59(90)31-24-32-60(91)84(15)41-63(94)85(16)42-62(93)83(14)40-57(89)44(2)3/h21-23,27-28,33-36,44-51,55-56,58,64-68,95H,20,24-26,29-32,37-43H2,1-19H3,(H,78,96)(H,79,97)(H,80,98)(H,81,90)(H,82,99)(H3,76,77,101)/t48-,49+,50+,51+,55-,56-,58?,64?,65-,66?,67-,68+/m0/s1. The van der Waals surface area contributed by atoms with E-state index in [1.54, 1.807) is 111 Å². The summed E-state index contributed by atoms with van der Waals surface area (Å²) in [5.74, 6) is -7.30. The van der Waals surface area contributed by atoms with Crippen molar-refractivity contribution in [3.63, 3.8) is 0 Å². The molecular weight excluding hydrogens is 1340 g/mol. The predicted molar refractivity (Wildman–Crippen MR) is 394 cm³/mol. The van der Waals surface area contributed by atoms with E-state index in [1.165, 1.54) is 50.0 Å². The fourth-order valence-corrected chi connectivity index (χ4v) is 12.5. The number of nitrogens with one attached hydrogen (secondary N) is 6. The van der Waals surface area contributed by atoms with Crippen LogP contribution in [0.1, 0.15) is 165 Å². The van der Waals surface area contributed by atoms with Crippen LogP contribution in [0, 0.1) is 41.4 Å². The minimum absolute atomic E-state index is 0.0345. The average molecular weight is 1460 g/mol. The number of benzene rings is 2. The first-order valence-electron chi connectivity index (χ1n) is 36.4. The highest BCUT2D eigenvalue weighted by atomic mass is 16.6. The highest BCUT2D eigenvalue weighted by Gasteiger charge is 2.43. The number of carbonyl (C=O) groups is 13. The number of carbonyl (C=O) groups excluding carboxylic acids is 13. The first-order chi connectivity index (χ1) is 48.8. The Morgan fingerprint density at radius 1 is 0.644 bits per heavy atom. The van der Waals surface area contributed by atoms with Gasteiger partial charge in [0.2, 0.25) is 59.1 Å². The molecule has 3 unspecified atom stereocenters. The molecular formula is C75H121N13O16. The van der Waals surface area contributed by atoms with E-state index in [2.05, 4.69) is 31.9 Å². The van der Waals surface area contributed by atoms with E-state index >= 15 is 0 Å². The van der Waals surface area contributed by atoms with Gasteiger partial charge in [-0.2, -0.15) is 0 Å². The number of methoxy groups -OCH3 is 1. The lowest BCUT2D eigenvalue weighted by molar-refractivity contribution is -0.146. The van der Waals surface area contributed by atoms with Crippen LogP contribution in [0.5, 0.6) is 0 Å². The summed E-state index contributed by atoms with van der Waals surface area (Å²) in [4.78, 5) is 182. The summed E-state index contributed by atoms with van der Waals surface area (Å²) in [5, 5.41) is 27.5. The SMILES string of the molecule is CC[C@H](C)[C@@H](C(CC(=O)N1CCC[C@H]1[C@H](C)[C@@H](C)C(=O)N[C@H](C)[C@@H](O)c1ccccc1)OC)N(C)C(=O)[C@@H](NC(=O)C(C(C)C)N(C)C(=O)OCc1ccc(NC(=O)[C@H](CCCNC(N)=O)NC(=O)C(NC(=O)CCCC(=O)N(C)CC(=O)N(C)CC(=O)N(C)CC(=O)C(C)C)C(C)C)cc1)C(C)C. The van der Waals surface area contributed by atoms with Crippen LogP contribution >= 0.6 is 0 Å². The van der Waals surface area contributed by atoms with Crippen LogP contribution in [0.15, 0.2) is 54.6 Å². The van der Waals surface area contributed by atoms with Crippen LogP contribution in [0.2, 0.25) is 0 Å². The maximum absolute atomic E-state index is 14.8. The molecule has 104 heavy (non-hydrogen) atoms. The number of hydrogen-bond donors (Lipinski definition) is 8. The van der Waals surface area contributed by atoms with Crippen LogP contribution in [0.4, 0.5) is 15.3 Å². The van der Waals surface area contributed by atoms with Crippen LogP contribution in [-0.4, -0.2) is 235 Å². The van der Waals surface area contributed by atoms with Crippen molar-refractivity contribution in [3.8, 4) is 0 Å². The number of Topliss-reactive ketones (excluding diaryl/α,β-unsaturated/α-hetero) is 1. The lowest BCUT2D eigenvalue weighted by atomic mass is 9.86. The smallest absolute Gasteiger partial charge is 0.410 e. The number of aliphatic hydroxyl groups is 1. The number of likely N-dealkylation sites (tertiary alicyclic amines) is 1. The van der Waals surface area contributed by atoms with Crippen LogP contribution in [0.25, 0.3) is 0 Å². The largest absolute Gasteiger partial charge is 0.445 e. The molecule has 29 heteroatoms. The Morgan fingerprint density at radius 3 is 1.78 bits per heavy atom. The molecule has 0 spiro atoms. The van der Waals surface area contributed by atoms with Crippen molar-refractivity contribution in [2.75, 3.05) is 80.4 Å². The van der Waals surface area contributed by atoms with Gasteiger partial charge in [-0.1, -0.05) is 132 Å². The van der Waals surface area contributed by atoms with E-state index in [1.807, 2.05) is 50.8 Å². The number of rotatable bonds is 42. The Labute approximate surface area is 615 Å². The van der Waals surface area contributed by atoms with E-state index in [9.17, 15) is 67.4 Å². The quantitative estimate of drug-likeness (QED) is 0.0406. The first kappa shape index (κ1) is 89.5. The molecule has 13 amide bonds. The zero-order valence-electron chi connectivity index (χ0n) is 64.9. The van der Waals surface area contributed by atoms with Gasteiger partial charge in [-0.3, -0.25) is 57.6 Å². The number of ketones is 1. The molecule has 0 radical (unpaired) electrons. The molecule has 1 fully saturated rings. The fourth-order valence-electron chi connectivity index (χ4n) is 12.5. The van der Waals surface area contributed by atoms with Crippen molar-refractivity contribution in [3.05, 3.63) is 65.7 Å².